The summed E-state index contributed by atoms with van der Waals surface area (Å²) in [5.74, 6) is 0.805. The number of ketones is 1. The molecule has 3 heteroatoms. The number of hydrogen-bond donors (Lipinski definition) is 0. The lowest BCUT2D eigenvalue weighted by Gasteiger charge is -2.02. The lowest BCUT2D eigenvalue weighted by atomic mass is 10.1. The molecule has 1 rings (SSSR count). The Morgan fingerprint density at radius 3 is 2.71 bits per heavy atom. The Balaban J connectivity index is 2.52. The lowest BCUT2D eigenvalue weighted by molar-refractivity contribution is -0.118. The molecule has 0 aromatic heterocycles. The molecule has 0 spiro atoms. The van der Waals surface area contributed by atoms with Gasteiger partial charge < -0.3 is 0 Å². The predicted molar refractivity (Wildman–Crippen MR) is 62.8 cm³/mol. The first-order chi connectivity index (χ1) is 6.74. The van der Waals surface area contributed by atoms with Crippen molar-refractivity contribution in [1.82, 2.24) is 0 Å². The number of rotatable bonds is 5. The van der Waals surface area contributed by atoms with Gasteiger partial charge in [0.25, 0.3) is 0 Å². The number of hydrogen-bond acceptors (Lipinski definition) is 1. The minimum Gasteiger partial charge on any atom is -0.299 e. The van der Waals surface area contributed by atoms with Crippen LogP contribution in [-0.4, -0.2) is 11.7 Å². The first kappa shape index (κ1) is 11.7. The standard InChI is InChI=1S/C11H12BrClO/c12-11-6-2-1-4-9(11)8-10(14)5-3-7-13/h1-2,4,6H,3,5,7-8H2. The highest BCUT2D eigenvalue weighted by Crippen LogP contribution is 2.17. The van der Waals surface area contributed by atoms with Gasteiger partial charge >= 0.3 is 0 Å². The zero-order valence-corrected chi connectivity index (χ0v) is 10.1. The van der Waals surface area contributed by atoms with E-state index in [1.807, 2.05) is 24.3 Å². The van der Waals surface area contributed by atoms with E-state index in [0.717, 1.165) is 16.5 Å². The molecule has 0 aliphatic heterocycles. The first-order valence-electron chi connectivity index (χ1n) is 4.55. The van der Waals surface area contributed by atoms with Crippen molar-refractivity contribution in [2.24, 2.45) is 0 Å². The molecule has 0 atom stereocenters. The number of Topliss-reactive ketones (excluding diaryl/α,β-unsaturated/α-hetero) is 1. The Bertz CT molecular complexity index is 312. The molecular formula is C11H12BrClO. The van der Waals surface area contributed by atoms with Crippen molar-refractivity contribution in [2.45, 2.75) is 19.3 Å². The Hall–Kier alpha value is -0.340. The third-order valence-corrected chi connectivity index (χ3v) is 2.98. The fourth-order valence-electron chi connectivity index (χ4n) is 1.21. The Morgan fingerprint density at radius 2 is 2.07 bits per heavy atom. The van der Waals surface area contributed by atoms with Gasteiger partial charge in [-0.05, 0) is 18.1 Å². The van der Waals surface area contributed by atoms with Crippen LogP contribution in [0.5, 0.6) is 0 Å². The van der Waals surface area contributed by atoms with E-state index >= 15 is 0 Å². The fraction of sp³-hybridized carbons (Fsp3) is 0.364. The minimum atomic E-state index is 0.248. The monoisotopic (exact) mass is 274 g/mol. The zero-order chi connectivity index (χ0) is 10.4. The highest BCUT2D eigenvalue weighted by molar-refractivity contribution is 9.10. The molecule has 1 nitrogen and oxygen atoms in total. The van der Waals surface area contributed by atoms with Gasteiger partial charge in [0, 0.05) is 23.2 Å². The van der Waals surface area contributed by atoms with Crippen molar-refractivity contribution in [2.75, 3.05) is 5.88 Å². The van der Waals surface area contributed by atoms with Crippen molar-refractivity contribution < 1.29 is 4.79 Å². The van der Waals surface area contributed by atoms with Crippen molar-refractivity contribution in [3.05, 3.63) is 34.3 Å². The van der Waals surface area contributed by atoms with Crippen molar-refractivity contribution in [1.29, 1.82) is 0 Å². The molecule has 14 heavy (non-hydrogen) atoms. The molecule has 0 aliphatic carbocycles. The Labute approximate surface area is 97.6 Å². The van der Waals surface area contributed by atoms with Crippen LogP contribution in [0.4, 0.5) is 0 Å². The molecule has 0 saturated carbocycles. The van der Waals surface area contributed by atoms with Crippen LogP contribution in [0.1, 0.15) is 18.4 Å². The number of benzene rings is 1. The third-order valence-electron chi connectivity index (χ3n) is 1.93. The van der Waals surface area contributed by atoms with Gasteiger partial charge in [-0.3, -0.25) is 4.79 Å². The summed E-state index contributed by atoms with van der Waals surface area (Å²) in [6.45, 7) is 0. The van der Waals surface area contributed by atoms with E-state index in [1.54, 1.807) is 0 Å². The Kier molecular flexibility index (Phi) is 5.20. The topological polar surface area (TPSA) is 17.1 Å². The zero-order valence-electron chi connectivity index (χ0n) is 7.80. The van der Waals surface area contributed by atoms with Crippen LogP contribution in [0.2, 0.25) is 0 Å². The van der Waals surface area contributed by atoms with E-state index in [4.69, 9.17) is 11.6 Å². The van der Waals surface area contributed by atoms with Crippen LogP contribution in [0.25, 0.3) is 0 Å². The molecule has 0 fully saturated rings. The van der Waals surface area contributed by atoms with Crippen LogP contribution in [0, 0.1) is 0 Å². The minimum absolute atomic E-state index is 0.248. The van der Waals surface area contributed by atoms with Gasteiger partial charge in [0.1, 0.15) is 5.78 Å². The van der Waals surface area contributed by atoms with Gasteiger partial charge in [-0.1, -0.05) is 34.1 Å². The second kappa shape index (κ2) is 6.20. The van der Waals surface area contributed by atoms with Crippen LogP contribution < -0.4 is 0 Å². The third kappa shape index (κ3) is 3.81. The highest BCUT2D eigenvalue weighted by atomic mass is 79.9. The largest absolute Gasteiger partial charge is 0.299 e. The summed E-state index contributed by atoms with van der Waals surface area (Å²) in [7, 11) is 0. The van der Waals surface area contributed by atoms with E-state index in [2.05, 4.69) is 15.9 Å². The number of halogens is 2. The van der Waals surface area contributed by atoms with Gasteiger partial charge in [0.05, 0.1) is 0 Å². The van der Waals surface area contributed by atoms with Gasteiger partial charge in [-0.15, -0.1) is 11.6 Å². The molecule has 0 N–H and O–H groups in total. The van der Waals surface area contributed by atoms with Gasteiger partial charge in [-0.2, -0.15) is 0 Å². The summed E-state index contributed by atoms with van der Waals surface area (Å²) in [5.41, 5.74) is 1.05. The maximum atomic E-state index is 11.4. The highest BCUT2D eigenvalue weighted by Gasteiger charge is 2.05. The second-order valence-corrected chi connectivity index (χ2v) is 4.33. The predicted octanol–water partition coefficient (Wildman–Crippen LogP) is 3.58. The van der Waals surface area contributed by atoms with E-state index < -0.39 is 0 Å². The SMILES string of the molecule is O=C(CCCCl)Cc1ccccc1Br. The molecule has 0 heterocycles. The van der Waals surface area contributed by atoms with E-state index in [9.17, 15) is 4.79 Å². The summed E-state index contributed by atoms with van der Waals surface area (Å²) in [5, 5.41) is 0. The smallest absolute Gasteiger partial charge is 0.137 e. The molecule has 0 radical (unpaired) electrons. The quantitative estimate of drug-likeness (QED) is 0.751. The van der Waals surface area contributed by atoms with Crippen LogP contribution >= 0.6 is 27.5 Å². The van der Waals surface area contributed by atoms with Gasteiger partial charge in [0.2, 0.25) is 0 Å². The van der Waals surface area contributed by atoms with E-state index in [1.165, 1.54) is 0 Å². The molecule has 0 bridgehead atoms. The Morgan fingerprint density at radius 1 is 1.36 bits per heavy atom. The molecule has 0 saturated heterocycles. The summed E-state index contributed by atoms with van der Waals surface area (Å²) in [4.78, 5) is 11.4. The molecular weight excluding hydrogens is 263 g/mol. The molecule has 1 aromatic rings. The average Bonchev–Trinajstić information content (AvgIpc) is 2.18. The van der Waals surface area contributed by atoms with Crippen LogP contribution in [-0.2, 0) is 11.2 Å². The van der Waals surface area contributed by atoms with Crippen molar-refractivity contribution in [3.63, 3.8) is 0 Å². The number of alkyl halides is 1. The summed E-state index contributed by atoms with van der Waals surface area (Å²) >= 11 is 8.93. The average molecular weight is 276 g/mol. The van der Waals surface area contributed by atoms with E-state index in [0.29, 0.717) is 18.7 Å². The fourth-order valence-corrected chi connectivity index (χ4v) is 1.77. The van der Waals surface area contributed by atoms with Crippen LogP contribution in [0.15, 0.2) is 28.7 Å². The molecule has 0 aliphatic rings. The molecule has 0 amide bonds. The second-order valence-electron chi connectivity index (χ2n) is 3.10. The van der Waals surface area contributed by atoms with Gasteiger partial charge in [-0.25, -0.2) is 0 Å². The van der Waals surface area contributed by atoms with Gasteiger partial charge in [0.15, 0.2) is 0 Å². The summed E-state index contributed by atoms with van der Waals surface area (Å²) in [6, 6.07) is 7.79. The van der Waals surface area contributed by atoms with Crippen molar-refractivity contribution in [3.8, 4) is 0 Å². The summed E-state index contributed by atoms with van der Waals surface area (Å²) in [6.07, 6.45) is 1.84. The first-order valence-corrected chi connectivity index (χ1v) is 5.88. The number of carbonyl (C=O) groups is 1. The number of carbonyl (C=O) groups excluding carboxylic acids is 1. The van der Waals surface area contributed by atoms with Crippen LogP contribution in [0.3, 0.4) is 0 Å². The maximum Gasteiger partial charge on any atom is 0.137 e. The maximum absolute atomic E-state index is 11.4. The molecule has 76 valence electrons. The van der Waals surface area contributed by atoms with E-state index in [-0.39, 0.29) is 5.78 Å². The molecule has 1 aromatic carbocycles. The normalized spacial score (nSPS) is 10.1. The summed E-state index contributed by atoms with van der Waals surface area (Å²) < 4.78 is 0.999. The lowest BCUT2D eigenvalue weighted by Crippen LogP contribution is -2.03. The van der Waals surface area contributed by atoms with Crippen molar-refractivity contribution >= 4 is 33.3 Å². The molecule has 0 unspecified atom stereocenters.